The van der Waals surface area contributed by atoms with Gasteiger partial charge in [-0.05, 0) is 70.6 Å². The van der Waals surface area contributed by atoms with Gasteiger partial charge in [-0.3, -0.25) is 18.6 Å². The van der Waals surface area contributed by atoms with E-state index in [2.05, 4.69) is 54.8 Å². The van der Waals surface area contributed by atoms with E-state index in [4.69, 9.17) is 19.1 Å². The third kappa shape index (κ3) is 40.2. The maximum Gasteiger partial charge on any atom is 0.472 e. The van der Waals surface area contributed by atoms with E-state index in [1.54, 1.807) is 0 Å². The molecule has 0 heterocycles. The minimum absolute atomic E-state index is 0.163. The van der Waals surface area contributed by atoms with E-state index in [0.717, 1.165) is 57.8 Å². The van der Waals surface area contributed by atoms with Crippen LogP contribution >= 0.6 is 7.82 Å². The van der Waals surface area contributed by atoms with Crippen molar-refractivity contribution in [2.45, 2.75) is 206 Å². The molecule has 0 aliphatic rings. The molecule has 0 spiro atoms. The fourth-order valence-electron chi connectivity index (χ4n) is 5.84. The summed E-state index contributed by atoms with van der Waals surface area (Å²) in [5.41, 5.74) is 0. The van der Waals surface area contributed by atoms with Crippen LogP contribution in [0, 0.1) is 0 Å². The fraction of sp³-hybridized carbons (Fsp3) is 0.818. The minimum Gasteiger partial charge on any atom is -0.462 e. The number of aliphatic hydroxyl groups excluding tert-OH is 2. The number of phosphoric acid groups is 1. The van der Waals surface area contributed by atoms with E-state index in [1.165, 1.54) is 96.3 Å². The first-order valence-corrected chi connectivity index (χ1v) is 23.4. The summed E-state index contributed by atoms with van der Waals surface area (Å²) in [6, 6.07) is 0. The van der Waals surface area contributed by atoms with Crippen molar-refractivity contribution in [3.8, 4) is 0 Å². The lowest BCUT2D eigenvalue weighted by Crippen LogP contribution is -2.29. The van der Waals surface area contributed by atoms with Crippen LogP contribution in [0.2, 0.25) is 0 Å². The van der Waals surface area contributed by atoms with Gasteiger partial charge >= 0.3 is 19.8 Å². The zero-order valence-electron chi connectivity index (χ0n) is 34.9. The molecular formula is C44H81O10P. The third-order valence-electron chi connectivity index (χ3n) is 9.27. The number of rotatable bonds is 41. The first-order chi connectivity index (χ1) is 26.7. The van der Waals surface area contributed by atoms with Crippen molar-refractivity contribution in [3.05, 3.63) is 36.5 Å². The minimum atomic E-state index is -4.62. The number of carbonyl (C=O) groups is 2. The summed E-state index contributed by atoms with van der Waals surface area (Å²) in [5.74, 6) is -0.946. The lowest BCUT2D eigenvalue weighted by atomic mass is 10.1. The van der Waals surface area contributed by atoms with Crippen LogP contribution in [-0.2, 0) is 32.7 Å². The van der Waals surface area contributed by atoms with Gasteiger partial charge in [0.2, 0.25) is 0 Å². The summed E-state index contributed by atoms with van der Waals surface area (Å²) in [6.45, 7) is 2.33. The topological polar surface area (TPSA) is 149 Å². The number of phosphoric ester groups is 1. The normalized spacial score (nSPS) is 14.2. The largest absolute Gasteiger partial charge is 0.472 e. The van der Waals surface area contributed by atoms with Crippen LogP contribution in [0.1, 0.15) is 194 Å². The summed E-state index contributed by atoms with van der Waals surface area (Å²) in [4.78, 5) is 35.0. The van der Waals surface area contributed by atoms with Gasteiger partial charge in [-0.15, -0.1) is 0 Å². The fourth-order valence-corrected chi connectivity index (χ4v) is 6.63. The number of hydrogen-bond acceptors (Lipinski definition) is 9. The Labute approximate surface area is 335 Å². The Kier molecular flexibility index (Phi) is 39.1. The average Bonchev–Trinajstić information content (AvgIpc) is 3.17. The molecule has 0 saturated heterocycles. The van der Waals surface area contributed by atoms with Gasteiger partial charge in [0.1, 0.15) is 12.7 Å². The Morgan fingerprint density at radius 1 is 0.545 bits per heavy atom. The van der Waals surface area contributed by atoms with Crippen molar-refractivity contribution in [1.82, 2.24) is 0 Å². The van der Waals surface area contributed by atoms with E-state index in [0.29, 0.717) is 12.8 Å². The van der Waals surface area contributed by atoms with Gasteiger partial charge in [-0.25, -0.2) is 4.57 Å². The lowest BCUT2D eigenvalue weighted by molar-refractivity contribution is -0.161. The molecule has 0 fully saturated rings. The van der Waals surface area contributed by atoms with Crippen molar-refractivity contribution < 1.29 is 47.8 Å². The quantitative estimate of drug-likeness (QED) is 0.0236. The standard InChI is InChI=1S/C44H81O10P/c1-3-5-7-9-11-13-15-17-18-19-20-21-22-24-25-27-29-31-33-35-43(47)51-39-42(40-53-55(49,50)52-38-41(46)37-45)54-44(48)36-34-32-30-28-26-23-16-14-12-10-8-6-4-2/h11,13,17-18,23,26,41-42,45-46H,3-10,12,14-16,19-22,24-25,27-40H2,1-2H3,(H,49,50)/b13-11+,18-17+,26-23+/t41-,42+/m1/s1. The van der Waals surface area contributed by atoms with Gasteiger partial charge in [-0.2, -0.15) is 0 Å². The molecule has 55 heavy (non-hydrogen) atoms. The van der Waals surface area contributed by atoms with Gasteiger partial charge < -0.3 is 24.6 Å². The SMILES string of the molecule is CCCCC/C=C/C/C=C/CCCCCCCCCCCC(=O)OC[C@@H](COP(=O)(O)OC[C@H](O)CO)OC(=O)CCCCC/C=C/CCCCCCCC. The smallest absolute Gasteiger partial charge is 0.462 e. The molecule has 0 saturated carbocycles. The van der Waals surface area contributed by atoms with E-state index in [-0.39, 0.29) is 19.4 Å². The lowest BCUT2D eigenvalue weighted by Gasteiger charge is -2.20. The molecule has 0 aromatic carbocycles. The predicted molar refractivity (Wildman–Crippen MR) is 224 cm³/mol. The molecule has 11 heteroatoms. The summed E-state index contributed by atoms with van der Waals surface area (Å²) >= 11 is 0. The zero-order chi connectivity index (χ0) is 40.5. The molecule has 322 valence electrons. The molecule has 0 radical (unpaired) electrons. The highest BCUT2D eigenvalue weighted by molar-refractivity contribution is 7.47. The first kappa shape index (κ1) is 53.2. The number of allylic oxidation sites excluding steroid dienone is 6. The van der Waals surface area contributed by atoms with Crippen LogP contribution < -0.4 is 0 Å². The van der Waals surface area contributed by atoms with Crippen LogP contribution in [-0.4, -0.2) is 65.7 Å². The number of carbonyl (C=O) groups excluding carboxylic acids is 2. The van der Waals surface area contributed by atoms with Gasteiger partial charge in [0.05, 0.1) is 19.8 Å². The van der Waals surface area contributed by atoms with Gasteiger partial charge in [0, 0.05) is 12.8 Å². The van der Waals surface area contributed by atoms with Gasteiger partial charge in [0.15, 0.2) is 6.10 Å². The number of ether oxygens (including phenoxy) is 2. The summed E-state index contributed by atoms with van der Waals surface area (Å²) in [6.07, 6.45) is 41.1. The molecule has 0 bridgehead atoms. The number of esters is 2. The van der Waals surface area contributed by atoms with Crippen LogP contribution in [0.3, 0.4) is 0 Å². The zero-order valence-corrected chi connectivity index (χ0v) is 35.8. The summed E-state index contributed by atoms with van der Waals surface area (Å²) in [7, 11) is -4.62. The molecule has 3 atom stereocenters. The highest BCUT2D eigenvalue weighted by atomic mass is 31.2. The molecule has 1 unspecified atom stereocenters. The van der Waals surface area contributed by atoms with Gasteiger partial charge in [-0.1, -0.05) is 147 Å². The van der Waals surface area contributed by atoms with E-state index in [1.807, 2.05) is 0 Å². The maximum absolute atomic E-state index is 12.6. The molecule has 0 aromatic heterocycles. The average molecular weight is 801 g/mol. The van der Waals surface area contributed by atoms with Crippen LogP contribution in [0.15, 0.2) is 36.5 Å². The monoisotopic (exact) mass is 801 g/mol. The van der Waals surface area contributed by atoms with Crippen molar-refractivity contribution >= 4 is 19.8 Å². The molecule has 0 amide bonds. The molecule has 10 nitrogen and oxygen atoms in total. The molecule has 0 aliphatic heterocycles. The number of hydrogen-bond donors (Lipinski definition) is 3. The summed E-state index contributed by atoms with van der Waals surface area (Å²) < 4.78 is 32.7. The Hall–Kier alpha value is -1.81. The maximum atomic E-state index is 12.6. The second-order valence-corrected chi connectivity index (χ2v) is 16.2. The van der Waals surface area contributed by atoms with E-state index < -0.39 is 51.8 Å². The Morgan fingerprint density at radius 2 is 0.945 bits per heavy atom. The third-order valence-corrected chi connectivity index (χ3v) is 10.2. The first-order valence-electron chi connectivity index (χ1n) is 21.9. The van der Waals surface area contributed by atoms with Crippen LogP contribution in [0.4, 0.5) is 0 Å². The molecule has 0 rings (SSSR count). The van der Waals surface area contributed by atoms with Crippen molar-refractivity contribution in [2.24, 2.45) is 0 Å². The highest BCUT2D eigenvalue weighted by Gasteiger charge is 2.27. The van der Waals surface area contributed by atoms with Crippen molar-refractivity contribution in [2.75, 3.05) is 26.4 Å². The highest BCUT2D eigenvalue weighted by Crippen LogP contribution is 2.43. The number of unbranched alkanes of at least 4 members (excludes halogenated alkanes) is 21. The number of aliphatic hydroxyl groups is 2. The summed E-state index contributed by atoms with van der Waals surface area (Å²) in [5, 5.41) is 18.3. The second kappa shape index (κ2) is 40.4. The molecular weight excluding hydrogens is 719 g/mol. The molecule has 0 aromatic rings. The molecule has 3 N–H and O–H groups in total. The Morgan fingerprint density at radius 3 is 1.47 bits per heavy atom. The molecule has 0 aliphatic carbocycles. The van der Waals surface area contributed by atoms with Crippen molar-refractivity contribution in [3.63, 3.8) is 0 Å². The van der Waals surface area contributed by atoms with E-state index in [9.17, 15) is 24.2 Å². The predicted octanol–water partition coefficient (Wildman–Crippen LogP) is 11.6. The van der Waals surface area contributed by atoms with Crippen LogP contribution in [0.5, 0.6) is 0 Å². The van der Waals surface area contributed by atoms with E-state index >= 15 is 0 Å². The Bertz CT molecular complexity index is 1010. The Balaban J connectivity index is 4.27. The van der Waals surface area contributed by atoms with Gasteiger partial charge in [0.25, 0.3) is 0 Å². The van der Waals surface area contributed by atoms with Crippen LogP contribution in [0.25, 0.3) is 0 Å². The second-order valence-electron chi connectivity index (χ2n) is 14.7. The van der Waals surface area contributed by atoms with Crippen molar-refractivity contribution in [1.29, 1.82) is 0 Å².